The van der Waals surface area contributed by atoms with Crippen molar-refractivity contribution in [3.8, 4) is 17.2 Å². The highest BCUT2D eigenvalue weighted by Gasteiger charge is 2.28. The molecule has 0 N–H and O–H groups in total. The lowest BCUT2D eigenvalue weighted by molar-refractivity contribution is 0.0296. The number of pyridine rings is 1. The third kappa shape index (κ3) is 9.20. The summed E-state index contributed by atoms with van der Waals surface area (Å²) in [4.78, 5) is 20.0. The van der Waals surface area contributed by atoms with Gasteiger partial charge < -0.3 is 23.7 Å². The Morgan fingerprint density at radius 3 is 2.36 bits per heavy atom. The van der Waals surface area contributed by atoms with Crippen LogP contribution >= 0.6 is 23.2 Å². The number of hydrogen-bond donors (Lipinski definition) is 0. The molecule has 14 heteroatoms. The normalized spacial score (nSPS) is 15.9. The molecular formula is C33H39Cl2N3O8S. The number of hydrogen-bond acceptors (Lipinski definition) is 10. The summed E-state index contributed by atoms with van der Waals surface area (Å²) >= 11 is 12.9. The molecule has 1 aliphatic carbocycles. The molecule has 1 atom stereocenters. The fourth-order valence-electron chi connectivity index (χ4n) is 5.27. The van der Waals surface area contributed by atoms with Crippen molar-refractivity contribution in [1.82, 2.24) is 9.88 Å². The highest BCUT2D eigenvalue weighted by Crippen LogP contribution is 2.38. The van der Waals surface area contributed by atoms with Crippen LogP contribution in [0, 0.1) is 5.92 Å². The van der Waals surface area contributed by atoms with Gasteiger partial charge in [-0.2, -0.15) is 0 Å². The average molecular weight is 709 g/mol. The Morgan fingerprint density at radius 2 is 1.72 bits per heavy atom. The molecule has 0 spiro atoms. The molecule has 1 saturated heterocycles. The topological polar surface area (TPSA) is 117 Å². The number of aromatic nitrogens is 1. The summed E-state index contributed by atoms with van der Waals surface area (Å²) in [7, 11) is -0.629. The number of esters is 1. The highest BCUT2D eigenvalue weighted by molar-refractivity contribution is 7.92. The van der Waals surface area contributed by atoms with Gasteiger partial charge in [-0.25, -0.2) is 13.2 Å². The molecule has 0 unspecified atom stereocenters. The van der Waals surface area contributed by atoms with Gasteiger partial charge in [0, 0.05) is 45.0 Å². The van der Waals surface area contributed by atoms with Crippen LogP contribution in [0.3, 0.4) is 0 Å². The third-order valence-electron chi connectivity index (χ3n) is 8.13. The second-order valence-electron chi connectivity index (χ2n) is 11.5. The quantitative estimate of drug-likeness (QED) is 0.189. The van der Waals surface area contributed by atoms with Crippen molar-refractivity contribution in [3.63, 3.8) is 0 Å². The van der Waals surface area contributed by atoms with Crippen LogP contribution in [0.25, 0.3) is 0 Å². The molecule has 3 aromatic rings. The second kappa shape index (κ2) is 15.7. The number of sulfonamides is 1. The van der Waals surface area contributed by atoms with E-state index < -0.39 is 22.1 Å². The molecule has 2 aliphatic rings. The van der Waals surface area contributed by atoms with Gasteiger partial charge in [-0.05, 0) is 60.2 Å². The van der Waals surface area contributed by atoms with Crippen molar-refractivity contribution in [2.45, 2.75) is 25.4 Å². The standard InChI is InChI=1S/C33H39Cl2N3O8S/c1-42-29-9-7-23(16-32(29)43-2)30(18-25-26(34)19-36-20-27(25)35)46-33(39)24-6-8-28(31(17-24)45-21-22-4-5-22)38(47(3,40)41)11-10-37-12-14-44-15-13-37/h6-9,16-17,19-20,22,30H,4-5,10-15,18,21H2,1-3H3/t30-/m0/s1. The Bertz CT molecular complexity index is 1650. The molecule has 2 fully saturated rings. The smallest absolute Gasteiger partial charge is 0.338 e. The largest absolute Gasteiger partial charge is 0.493 e. The average Bonchev–Trinajstić information content (AvgIpc) is 3.89. The van der Waals surface area contributed by atoms with Gasteiger partial charge in [-0.3, -0.25) is 14.2 Å². The van der Waals surface area contributed by atoms with Crippen LogP contribution in [0.4, 0.5) is 5.69 Å². The summed E-state index contributed by atoms with van der Waals surface area (Å²) in [5, 5.41) is 0.661. The first-order valence-electron chi connectivity index (χ1n) is 15.3. The Balaban J connectivity index is 1.45. The molecule has 0 radical (unpaired) electrons. The van der Waals surface area contributed by atoms with E-state index in [4.69, 9.17) is 46.9 Å². The summed E-state index contributed by atoms with van der Waals surface area (Å²) < 4.78 is 56.0. The minimum Gasteiger partial charge on any atom is -0.493 e. The number of rotatable bonds is 15. The van der Waals surface area contributed by atoms with Crippen LogP contribution in [0.5, 0.6) is 17.2 Å². The fourth-order valence-corrected chi connectivity index (χ4v) is 6.71. The first kappa shape index (κ1) is 35.0. The molecule has 0 bridgehead atoms. The van der Waals surface area contributed by atoms with E-state index in [1.165, 1.54) is 37.2 Å². The molecule has 5 rings (SSSR count). The third-order valence-corrected chi connectivity index (χ3v) is 9.96. The molecule has 2 heterocycles. The van der Waals surface area contributed by atoms with Crippen LogP contribution in [0.1, 0.15) is 40.4 Å². The summed E-state index contributed by atoms with van der Waals surface area (Å²) in [5.41, 5.74) is 1.74. The van der Waals surface area contributed by atoms with Gasteiger partial charge in [0.2, 0.25) is 10.0 Å². The predicted octanol–water partition coefficient (Wildman–Crippen LogP) is 5.43. The van der Waals surface area contributed by atoms with Crippen molar-refractivity contribution < 1.29 is 36.9 Å². The minimum atomic E-state index is -3.68. The Labute approximate surface area is 285 Å². The molecule has 11 nitrogen and oxygen atoms in total. The number of morpholine rings is 1. The lowest BCUT2D eigenvalue weighted by atomic mass is 10.0. The minimum absolute atomic E-state index is 0.147. The summed E-state index contributed by atoms with van der Waals surface area (Å²) in [6, 6.07) is 9.92. The number of carbonyl (C=O) groups excluding carboxylic acids is 1. The van der Waals surface area contributed by atoms with Crippen molar-refractivity contribution in [2.75, 3.05) is 70.8 Å². The molecular weight excluding hydrogens is 669 g/mol. The summed E-state index contributed by atoms with van der Waals surface area (Å²) in [6.07, 6.45) is 5.51. The summed E-state index contributed by atoms with van der Waals surface area (Å²) in [5.74, 6) is 1.01. The van der Waals surface area contributed by atoms with Gasteiger partial charge in [-0.15, -0.1) is 0 Å². The number of nitrogens with zero attached hydrogens (tertiary/aromatic N) is 3. The maximum Gasteiger partial charge on any atom is 0.338 e. The zero-order valence-electron chi connectivity index (χ0n) is 26.6. The van der Waals surface area contributed by atoms with Gasteiger partial charge in [0.1, 0.15) is 11.9 Å². The monoisotopic (exact) mass is 707 g/mol. The lowest BCUT2D eigenvalue weighted by Gasteiger charge is -2.30. The SMILES string of the molecule is COc1ccc([C@H](Cc2c(Cl)cncc2Cl)OC(=O)c2ccc(N(CCN3CCOCC3)S(C)(=O)=O)c(OCC3CC3)c2)cc1OC. The van der Waals surface area contributed by atoms with E-state index in [1.54, 1.807) is 36.4 Å². The van der Waals surface area contributed by atoms with Gasteiger partial charge in [-0.1, -0.05) is 29.3 Å². The fraction of sp³-hybridized carbons (Fsp3) is 0.455. The van der Waals surface area contributed by atoms with Gasteiger partial charge in [0.25, 0.3) is 0 Å². The number of carbonyl (C=O) groups is 1. The maximum atomic E-state index is 13.8. The number of methoxy groups -OCH3 is 2. The van der Waals surface area contributed by atoms with Crippen LogP contribution in [0.15, 0.2) is 48.8 Å². The van der Waals surface area contributed by atoms with E-state index in [1.807, 2.05) is 0 Å². The Morgan fingerprint density at radius 1 is 1.02 bits per heavy atom. The van der Waals surface area contributed by atoms with E-state index in [9.17, 15) is 13.2 Å². The first-order valence-corrected chi connectivity index (χ1v) is 17.9. The molecule has 2 aromatic carbocycles. The lowest BCUT2D eigenvalue weighted by Crippen LogP contribution is -2.43. The van der Waals surface area contributed by atoms with Crippen molar-refractivity contribution in [3.05, 3.63) is 75.5 Å². The zero-order chi connectivity index (χ0) is 33.6. The number of anilines is 1. The Hall–Kier alpha value is -3.29. The van der Waals surface area contributed by atoms with E-state index in [-0.39, 0.29) is 18.5 Å². The maximum absolute atomic E-state index is 13.8. The van der Waals surface area contributed by atoms with Gasteiger partial charge >= 0.3 is 5.97 Å². The van der Waals surface area contributed by atoms with Gasteiger partial charge in [0.15, 0.2) is 11.5 Å². The highest BCUT2D eigenvalue weighted by atomic mass is 35.5. The molecule has 254 valence electrons. The summed E-state index contributed by atoms with van der Waals surface area (Å²) in [6.45, 7) is 3.83. The van der Waals surface area contributed by atoms with E-state index in [2.05, 4.69) is 9.88 Å². The molecule has 1 saturated carbocycles. The van der Waals surface area contributed by atoms with Crippen LogP contribution in [-0.2, 0) is 25.9 Å². The second-order valence-corrected chi connectivity index (χ2v) is 14.2. The van der Waals surface area contributed by atoms with E-state index in [0.29, 0.717) is 76.4 Å². The molecule has 1 aromatic heterocycles. The van der Waals surface area contributed by atoms with Gasteiger partial charge in [0.05, 0.1) is 61.6 Å². The van der Waals surface area contributed by atoms with E-state index >= 15 is 0 Å². The van der Waals surface area contributed by atoms with Crippen LogP contribution < -0.4 is 18.5 Å². The predicted molar refractivity (Wildman–Crippen MR) is 180 cm³/mol. The zero-order valence-corrected chi connectivity index (χ0v) is 28.9. The number of ether oxygens (including phenoxy) is 5. The first-order chi connectivity index (χ1) is 22.6. The number of halogens is 2. The van der Waals surface area contributed by atoms with Crippen molar-refractivity contribution in [1.29, 1.82) is 0 Å². The van der Waals surface area contributed by atoms with Crippen LogP contribution in [-0.4, -0.2) is 90.7 Å². The number of benzene rings is 2. The Kier molecular flexibility index (Phi) is 11.7. The molecule has 47 heavy (non-hydrogen) atoms. The van der Waals surface area contributed by atoms with Crippen molar-refractivity contribution in [2.24, 2.45) is 5.92 Å². The molecule has 0 amide bonds. The van der Waals surface area contributed by atoms with Crippen molar-refractivity contribution >= 4 is 44.9 Å². The van der Waals surface area contributed by atoms with Crippen LogP contribution in [0.2, 0.25) is 10.0 Å². The van der Waals surface area contributed by atoms with E-state index in [0.717, 1.165) is 25.9 Å². The molecule has 1 aliphatic heterocycles.